The molecule has 0 aliphatic carbocycles. The Hall–Kier alpha value is -5.90. The number of likely N-dealkylation sites (tertiary alicyclic amines) is 1. The predicted octanol–water partition coefficient (Wildman–Crippen LogP) is 5.74. The number of aryl methyl sites for hydroxylation is 1. The Morgan fingerprint density at radius 3 is 1.90 bits per heavy atom. The van der Waals surface area contributed by atoms with E-state index in [1.165, 1.54) is 28.9 Å². The fourth-order valence-electron chi connectivity index (χ4n) is 10.3. The number of aliphatic hydroxyl groups excluding tert-OH is 1. The van der Waals surface area contributed by atoms with Gasteiger partial charge in [0.25, 0.3) is 23.3 Å². The minimum Gasteiger partial charge on any atom is -0.423 e. The van der Waals surface area contributed by atoms with E-state index in [1.54, 1.807) is 18.3 Å². The average Bonchev–Trinajstić information content (AvgIpc) is 4.29. The van der Waals surface area contributed by atoms with E-state index >= 15 is 0 Å². The molecule has 0 bridgehead atoms. The van der Waals surface area contributed by atoms with Crippen molar-refractivity contribution in [2.24, 2.45) is 11.8 Å². The minimum atomic E-state index is -0.683. The monoisotopic (exact) mass is 1130 g/mol. The SMILES string of the molecule is Cc1ccc2c(c1)NC[C@]21CCN(CC(O)C2CCN(c3ncc(-c4cccc(C(=O)NCCOCCOCCOCCOCCOCCOCCOCCOCCOCCNc5ccc([N+](=O)[O-])cc5[N+](=O)[O-])c4)o3)CC2)C[C@H]1C. The molecule has 1 amide bonds. The number of aliphatic hydroxyl groups is 1. The highest BCUT2D eigenvalue weighted by molar-refractivity contribution is 5.95. The molecule has 0 radical (unpaired) electrons. The molecule has 3 atom stereocenters. The van der Waals surface area contributed by atoms with E-state index in [0.29, 0.717) is 149 Å². The van der Waals surface area contributed by atoms with Gasteiger partial charge in [-0.1, -0.05) is 31.2 Å². The molecule has 3 aliphatic rings. The van der Waals surface area contributed by atoms with Crippen LogP contribution in [-0.2, 0) is 48.0 Å². The number of benzene rings is 3. The van der Waals surface area contributed by atoms with Crippen molar-refractivity contribution < 1.29 is 66.8 Å². The average molecular weight is 1140 g/mol. The molecular weight excluding hydrogens is 1050 g/mol. The third-order valence-electron chi connectivity index (χ3n) is 14.8. The van der Waals surface area contributed by atoms with Crippen LogP contribution in [0, 0.1) is 39.0 Å². The summed E-state index contributed by atoms with van der Waals surface area (Å²) in [5, 5.41) is 42.9. The number of β-amino-alcohol motifs (C(OH)–C–C–N with tert-alkyl or cyclic N) is 1. The summed E-state index contributed by atoms with van der Waals surface area (Å²) in [6.07, 6.45) is 4.16. The number of carbonyl (C=O) groups excluding carboxylic acids is 1. The first-order chi connectivity index (χ1) is 39.5. The van der Waals surface area contributed by atoms with Crippen LogP contribution in [0.2, 0.25) is 0 Å². The second-order valence-electron chi connectivity index (χ2n) is 20.4. The number of anilines is 3. The van der Waals surface area contributed by atoms with Gasteiger partial charge < -0.3 is 77.9 Å². The maximum atomic E-state index is 13.0. The Morgan fingerprint density at radius 2 is 1.33 bits per heavy atom. The van der Waals surface area contributed by atoms with Crippen molar-refractivity contribution in [3.63, 3.8) is 0 Å². The highest BCUT2D eigenvalue weighted by Crippen LogP contribution is 2.47. The van der Waals surface area contributed by atoms with Crippen molar-refractivity contribution >= 4 is 34.7 Å². The molecule has 2 fully saturated rings. The van der Waals surface area contributed by atoms with Gasteiger partial charge in [0, 0.05) is 74.1 Å². The number of nitro benzene ring substituents is 2. The Kier molecular flexibility index (Phi) is 26.2. The molecule has 0 saturated carbocycles. The van der Waals surface area contributed by atoms with Crippen LogP contribution in [0.4, 0.5) is 28.8 Å². The van der Waals surface area contributed by atoms with Gasteiger partial charge in [0.05, 0.1) is 147 Å². The standard InChI is InChI=1S/C57H82N8O16/c1-43-6-8-49-51(36-43)61-42-57(49)12-17-62(40-44(57)2)41-53(66)45-10-15-63(16-11-45)56-60-39-54(81-56)46-4-3-5-47(37-46)55(67)59-14-19-73-21-23-75-25-27-77-29-31-79-33-35-80-34-32-78-30-28-76-26-24-74-22-20-72-18-13-58-50-9-7-48(64(68)69)38-52(50)65(70)71/h3-9,36-39,44-45,53,58,61,66H,10-35,40-42H2,1-2H3,(H,59,67)/t44-,53?,57+/m1/s1. The van der Waals surface area contributed by atoms with E-state index in [9.17, 15) is 30.1 Å². The van der Waals surface area contributed by atoms with Crippen LogP contribution < -0.4 is 20.9 Å². The molecule has 1 unspecified atom stereocenters. The summed E-state index contributed by atoms with van der Waals surface area (Å²) < 4.78 is 55.9. The Labute approximate surface area is 473 Å². The second-order valence-corrected chi connectivity index (χ2v) is 20.4. The van der Waals surface area contributed by atoms with Crippen molar-refractivity contribution in [3.8, 4) is 11.3 Å². The number of fused-ring (bicyclic) bond motifs is 2. The molecule has 81 heavy (non-hydrogen) atoms. The number of nitro groups is 2. The van der Waals surface area contributed by atoms with E-state index in [0.717, 1.165) is 63.6 Å². The topological polar surface area (TPSA) is 275 Å². The Bertz CT molecular complexity index is 2530. The number of ether oxygens (including phenoxy) is 9. The lowest BCUT2D eigenvalue weighted by Crippen LogP contribution is -2.52. The molecule has 3 aliphatic heterocycles. The molecule has 24 heteroatoms. The summed E-state index contributed by atoms with van der Waals surface area (Å²) in [7, 11) is 0. The van der Waals surface area contributed by atoms with Crippen molar-refractivity contribution in [2.45, 2.75) is 44.6 Å². The Balaban J connectivity index is 0.603. The second kappa shape index (κ2) is 33.9. The van der Waals surface area contributed by atoms with Gasteiger partial charge in [-0.25, -0.2) is 4.98 Å². The number of piperidine rings is 2. The number of amides is 1. The maximum absolute atomic E-state index is 13.0. The van der Waals surface area contributed by atoms with Crippen molar-refractivity contribution in [2.75, 3.05) is 187 Å². The number of nitrogens with one attached hydrogen (secondary N) is 3. The van der Waals surface area contributed by atoms with Crippen molar-refractivity contribution in [1.29, 1.82) is 0 Å². The highest BCUT2D eigenvalue weighted by atomic mass is 16.6. The molecule has 4 aromatic rings. The smallest absolute Gasteiger partial charge is 0.299 e. The molecule has 2 saturated heterocycles. The van der Waals surface area contributed by atoms with Gasteiger partial charge in [0.1, 0.15) is 5.69 Å². The van der Waals surface area contributed by atoms with Crippen LogP contribution in [0.3, 0.4) is 0 Å². The first-order valence-corrected chi connectivity index (χ1v) is 28.2. The van der Waals surface area contributed by atoms with E-state index in [-0.39, 0.29) is 53.6 Å². The summed E-state index contributed by atoms with van der Waals surface area (Å²) in [6.45, 7) is 17.5. The van der Waals surface area contributed by atoms with Crippen molar-refractivity contribution in [1.82, 2.24) is 15.2 Å². The summed E-state index contributed by atoms with van der Waals surface area (Å²) in [5.74, 6) is 1.11. The zero-order chi connectivity index (χ0) is 57.1. The Morgan fingerprint density at radius 1 is 0.753 bits per heavy atom. The molecule has 1 spiro atoms. The third-order valence-corrected chi connectivity index (χ3v) is 14.8. The van der Waals surface area contributed by atoms with Crippen LogP contribution in [0.25, 0.3) is 11.3 Å². The predicted molar refractivity (Wildman–Crippen MR) is 302 cm³/mol. The van der Waals surface area contributed by atoms with E-state index < -0.39 is 9.85 Å². The number of non-ortho nitro benzene ring substituents is 1. The zero-order valence-electron chi connectivity index (χ0n) is 46.9. The lowest BCUT2D eigenvalue weighted by Gasteiger charge is -2.46. The molecule has 4 N–H and O–H groups in total. The van der Waals surface area contributed by atoms with E-state index in [2.05, 4.69) is 62.8 Å². The zero-order valence-corrected chi connectivity index (χ0v) is 46.9. The van der Waals surface area contributed by atoms with Gasteiger partial charge in [-0.2, -0.15) is 0 Å². The van der Waals surface area contributed by atoms with Gasteiger partial charge in [-0.3, -0.25) is 25.0 Å². The number of nitrogens with zero attached hydrogens (tertiary/aromatic N) is 5. The van der Waals surface area contributed by atoms with Gasteiger partial charge >= 0.3 is 0 Å². The van der Waals surface area contributed by atoms with Crippen LogP contribution in [-0.4, -0.2) is 208 Å². The normalized spacial score (nSPS) is 17.8. The fourth-order valence-corrected chi connectivity index (χ4v) is 10.3. The number of carbonyl (C=O) groups is 1. The minimum absolute atomic E-state index is 0.166. The molecular formula is C57H82N8O16. The molecule has 7 rings (SSSR count). The lowest BCUT2D eigenvalue weighted by molar-refractivity contribution is -0.393. The van der Waals surface area contributed by atoms with Gasteiger partial charge in [0.15, 0.2) is 5.76 Å². The fraction of sp³-hybridized carbons (Fsp3) is 0.614. The summed E-state index contributed by atoms with van der Waals surface area (Å²) in [5.41, 5.74) is 4.93. The largest absolute Gasteiger partial charge is 0.423 e. The maximum Gasteiger partial charge on any atom is 0.299 e. The number of oxazole rings is 1. The van der Waals surface area contributed by atoms with Crippen LogP contribution in [0.5, 0.6) is 0 Å². The number of aromatic nitrogens is 1. The quantitative estimate of drug-likeness (QED) is 0.0235. The first kappa shape index (κ1) is 62.7. The van der Waals surface area contributed by atoms with E-state index in [1.807, 2.05) is 12.1 Å². The van der Waals surface area contributed by atoms with Crippen LogP contribution in [0.15, 0.2) is 71.3 Å². The highest BCUT2D eigenvalue weighted by Gasteiger charge is 2.46. The van der Waals surface area contributed by atoms with Gasteiger partial charge in [-0.05, 0) is 80.0 Å². The molecule has 446 valence electrons. The molecule has 3 aromatic carbocycles. The van der Waals surface area contributed by atoms with Crippen LogP contribution in [0.1, 0.15) is 47.7 Å². The first-order valence-electron chi connectivity index (χ1n) is 28.2. The summed E-state index contributed by atoms with van der Waals surface area (Å²) in [6, 6.07) is 18.1. The molecule has 4 heterocycles. The lowest BCUT2D eigenvalue weighted by atomic mass is 9.67. The summed E-state index contributed by atoms with van der Waals surface area (Å²) >= 11 is 0. The third kappa shape index (κ3) is 19.9. The van der Waals surface area contributed by atoms with Gasteiger partial charge in [0.2, 0.25) is 0 Å². The summed E-state index contributed by atoms with van der Waals surface area (Å²) in [4.78, 5) is 42.9. The van der Waals surface area contributed by atoms with Crippen molar-refractivity contribution in [3.05, 3.63) is 104 Å². The number of rotatable bonds is 39. The van der Waals surface area contributed by atoms with Gasteiger partial charge in [-0.15, -0.1) is 0 Å². The number of hydrogen-bond donors (Lipinski definition) is 4. The van der Waals surface area contributed by atoms with E-state index in [4.69, 9.17) is 47.0 Å². The number of hydrogen-bond acceptors (Lipinski definition) is 21. The molecule has 24 nitrogen and oxygen atoms in total. The molecule has 1 aromatic heterocycles. The van der Waals surface area contributed by atoms with Crippen LogP contribution >= 0.6 is 0 Å².